The van der Waals surface area contributed by atoms with Gasteiger partial charge >= 0.3 is 12.0 Å². The number of carboxylic acids is 1. The van der Waals surface area contributed by atoms with Crippen molar-refractivity contribution >= 4 is 12.0 Å². The molecule has 0 unspecified atom stereocenters. The van der Waals surface area contributed by atoms with Gasteiger partial charge in [0.25, 0.3) is 0 Å². The van der Waals surface area contributed by atoms with Gasteiger partial charge in [0, 0.05) is 19.6 Å². The molecule has 6 nitrogen and oxygen atoms in total. The molecule has 0 aromatic rings. The molecule has 1 saturated heterocycles. The zero-order valence-electron chi connectivity index (χ0n) is 9.87. The number of carbonyl (C=O) groups excluding carboxylic acids is 1. The molecular weight excluding hydrogens is 222 g/mol. The summed E-state index contributed by atoms with van der Waals surface area (Å²) in [4.78, 5) is 24.8. The zero-order valence-corrected chi connectivity index (χ0v) is 9.87. The van der Waals surface area contributed by atoms with Gasteiger partial charge in [0.05, 0.1) is 0 Å². The first kappa shape index (κ1) is 12.2. The van der Waals surface area contributed by atoms with Crippen LogP contribution in [-0.4, -0.2) is 53.7 Å². The van der Waals surface area contributed by atoms with Crippen LogP contribution in [0.25, 0.3) is 0 Å². The van der Waals surface area contributed by atoms with Crippen LogP contribution in [-0.2, 0) is 4.79 Å². The fraction of sp³-hybridized carbons (Fsp3) is 0.818. The summed E-state index contributed by atoms with van der Waals surface area (Å²) >= 11 is 0. The van der Waals surface area contributed by atoms with Crippen LogP contribution in [0, 0.1) is 0 Å². The summed E-state index contributed by atoms with van der Waals surface area (Å²) < 4.78 is 0. The maximum atomic E-state index is 12.0. The maximum absolute atomic E-state index is 12.0. The number of rotatable bonds is 2. The summed E-state index contributed by atoms with van der Waals surface area (Å²) in [5.74, 6) is -0.912. The fourth-order valence-corrected chi connectivity index (χ4v) is 2.26. The summed E-state index contributed by atoms with van der Waals surface area (Å²) in [5.41, 5.74) is -1.00. The van der Waals surface area contributed by atoms with E-state index in [2.05, 4.69) is 10.6 Å². The van der Waals surface area contributed by atoms with Crippen LogP contribution in [0.3, 0.4) is 0 Å². The van der Waals surface area contributed by atoms with E-state index in [-0.39, 0.29) is 6.03 Å². The molecule has 0 spiro atoms. The van der Waals surface area contributed by atoms with Gasteiger partial charge in [0.1, 0.15) is 5.54 Å². The lowest BCUT2D eigenvalue weighted by Crippen LogP contribution is -2.61. The van der Waals surface area contributed by atoms with Crippen LogP contribution in [0.5, 0.6) is 0 Å². The summed E-state index contributed by atoms with van der Waals surface area (Å²) in [5, 5.41) is 15.0. The van der Waals surface area contributed by atoms with Crippen LogP contribution < -0.4 is 10.6 Å². The molecule has 0 atom stereocenters. The first-order valence-corrected chi connectivity index (χ1v) is 6.15. The van der Waals surface area contributed by atoms with Gasteiger partial charge in [0.15, 0.2) is 0 Å². The van der Waals surface area contributed by atoms with Crippen molar-refractivity contribution < 1.29 is 14.7 Å². The van der Waals surface area contributed by atoms with Crippen LogP contribution in [0.2, 0.25) is 0 Å². The van der Waals surface area contributed by atoms with Crippen molar-refractivity contribution in [3.63, 3.8) is 0 Å². The number of hydrogen-bond donors (Lipinski definition) is 3. The number of hydrogen-bond acceptors (Lipinski definition) is 3. The number of amides is 2. The molecule has 1 aliphatic heterocycles. The van der Waals surface area contributed by atoms with Gasteiger partial charge in [-0.2, -0.15) is 0 Å². The van der Waals surface area contributed by atoms with Crippen molar-refractivity contribution in [3.05, 3.63) is 0 Å². The number of aliphatic carboxylic acids is 1. The lowest BCUT2D eigenvalue weighted by molar-refractivity contribution is -0.148. The molecule has 0 aromatic heterocycles. The van der Waals surface area contributed by atoms with E-state index in [0.717, 1.165) is 25.9 Å². The van der Waals surface area contributed by atoms with E-state index >= 15 is 0 Å². The number of urea groups is 1. The first-order chi connectivity index (χ1) is 8.14. The standard InChI is InChI=1S/C11H19N3O3/c15-9(16)11(3-1-4-11)13-10(17)14-7-2-5-12-6-8-14/h12H,1-8H2,(H,13,17)(H,15,16). The molecule has 0 bridgehead atoms. The van der Waals surface area contributed by atoms with E-state index < -0.39 is 11.5 Å². The highest BCUT2D eigenvalue weighted by atomic mass is 16.4. The van der Waals surface area contributed by atoms with Gasteiger partial charge in [0.2, 0.25) is 0 Å². The average molecular weight is 241 g/mol. The molecular formula is C11H19N3O3. The minimum absolute atomic E-state index is 0.240. The summed E-state index contributed by atoms with van der Waals surface area (Å²) in [6.07, 6.45) is 2.86. The molecule has 2 amide bonds. The third kappa shape index (κ3) is 2.52. The maximum Gasteiger partial charge on any atom is 0.329 e. The van der Waals surface area contributed by atoms with Gasteiger partial charge in [-0.3, -0.25) is 0 Å². The topological polar surface area (TPSA) is 81.7 Å². The van der Waals surface area contributed by atoms with Crippen LogP contribution >= 0.6 is 0 Å². The Hall–Kier alpha value is -1.30. The summed E-state index contributed by atoms with van der Waals surface area (Å²) in [6, 6.07) is -0.240. The van der Waals surface area contributed by atoms with E-state index in [0.29, 0.717) is 25.9 Å². The quantitative estimate of drug-likeness (QED) is 0.635. The normalized spacial score (nSPS) is 23.4. The van der Waals surface area contributed by atoms with E-state index in [1.807, 2.05) is 0 Å². The first-order valence-electron chi connectivity index (χ1n) is 6.15. The van der Waals surface area contributed by atoms with Crippen molar-refractivity contribution in [1.29, 1.82) is 0 Å². The van der Waals surface area contributed by atoms with Crippen molar-refractivity contribution in [2.24, 2.45) is 0 Å². The Morgan fingerprint density at radius 1 is 1.18 bits per heavy atom. The van der Waals surface area contributed by atoms with Gasteiger partial charge in [-0.05, 0) is 32.2 Å². The minimum atomic E-state index is -1.00. The van der Waals surface area contributed by atoms with Crippen molar-refractivity contribution in [3.8, 4) is 0 Å². The molecule has 2 aliphatic rings. The minimum Gasteiger partial charge on any atom is -0.480 e. The molecule has 96 valence electrons. The highest BCUT2D eigenvalue weighted by Gasteiger charge is 2.46. The molecule has 2 fully saturated rings. The number of nitrogens with one attached hydrogen (secondary N) is 2. The highest BCUT2D eigenvalue weighted by molar-refractivity contribution is 5.87. The van der Waals surface area contributed by atoms with Crippen LogP contribution in [0.4, 0.5) is 4.79 Å². The van der Waals surface area contributed by atoms with E-state index in [9.17, 15) is 9.59 Å². The van der Waals surface area contributed by atoms with E-state index in [4.69, 9.17) is 5.11 Å². The predicted molar refractivity (Wildman–Crippen MR) is 61.8 cm³/mol. The molecule has 17 heavy (non-hydrogen) atoms. The third-order valence-corrected chi connectivity index (χ3v) is 3.59. The Bertz CT molecular complexity index is 307. The van der Waals surface area contributed by atoms with Crippen LogP contribution in [0.1, 0.15) is 25.7 Å². The zero-order chi connectivity index (χ0) is 12.3. The third-order valence-electron chi connectivity index (χ3n) is 3.59. The van der Waals surface area contributed by atoms with Crippen molar-refractivity contribution in [2.45, 2.75) is 31.2 Å². The van der Waals surface area contributed by atoms with Gasteiger partial charge in [-0.1, -0.05) is 0 Å². The second kappa shape index (κ2) is 4.91. The average Bonchev–Trinajstić information content (AvgIpc) is 2.50. The lowest BCUT2D eigenvalue weighted by atomic mass is 9.77. The largest absolute Gasteiger partial charge is 0.480 e. The summed E-state index contributed by atoms with van der Waals surface area (Å²) in [7, 11) is 0. The van der Waals surface area contributed by atoms with Crippen molar-refractivity contribution in [1.82, 2.24) is 15.5 Å². The van der Waals surface area contributed by atoms with E-state index in [1.54, 1.807) is 4.90 Å². The molecule has 0 aromatic carbocycles. The lowest BCUT2D eigenvalue weighted by Gasteiger charge is -2.39. The Morgan fingerprint density at radius 3 is 2.53 bits per heavy atom. The second-order valence-electron chi connectivity index (χ2n) is 4.76. The Kier molecular flexibility index (Phi) is 3.51. The molecule has 1 aliphatic carbocycles. The smallest absolute Gasteiger partial charge is 0.329 e. The number of carbonyl (C=O) groups is 2. The Labute approximate surface area is 100 Å². The summed E-state index contributed by atoms with van der Waals surface area (Å²) in [6.45, 7) is 3.01. The van der Waals surface area contributed by atoms with Gasteiger partial charge in [-0.25, -0.2) is 9.59 Å². The monoisotopic (exact) mass is 241 g/mol. The predicted octanol–water partition coefficient (Wildman–Crippen LogP) is -0.00140. The molecule has 0 radical (unpaired) electrons. The van der Waals surface area contributed by atoms with E-state index in [1.165, 1.54) is 0 Å². The Morgan fingerprint density at radius 2 is 1.94 bits per heavy atom. The second-order valence-corrected chi connectivity index (χ2v) is 4.76. The van der Waals surface area contributed by atoms with Crippen LogP contribution in [0.15, 0.2) is 0 Å². The molecule has 6 heteroatoms. The highest BCUT2D eigenvalue weighted by Crippen LogP contribution is 2.32. The number of carboxylic acid groups (broad SMARTS) is 1. The molecule has 1 heterocycles. The molecule has 2 rings (SSSR count). The SMILES string of the molecule is O=C(NC1(C(=O)O)CCC1)N1CCCNCC1. The van der Waals surface area contributed by atoms with Gasteiger partial charge in [-0.15, -0.1) is 0 Å². The van der Waals surface area contributed by atoms with Crippen molar-refractivity contribution in [2.75, 3.05) is 26.2 Å². The molecule has 3 N–H and O–H groups in total. The number of nitrogens with zero attached hydrogens (tertiary/aromatic N) is 1. The fourth-order valence-electron chi connectivity index (χ4n) is 2.26. The molecule has 1 saturated carbocycles. The Balaban J connectivity index is 1.93. The van der Waals surface area contributed by atoms with Gasteiger partial charge < -0.3 is 20.6 Å².